The second-order valence-electron chi connectivity index (χ2n) is 5.75. The molecule has 0 saturated carbocycles. The molecule has 0 radical (unpaired) electrons. The monoisotopic (exact) mass is 282 g/mol. The normalized spacial score (nSPS) is 11.7. The number of hydrogen-bond acceptors (Lipinski definition) is 4. The lowest BCUT2D eigenvalue weighted by Gasteiger charge is -2.07. The van der Waals surface area contributed by atoms with Crippen LogP contribution in [0.5, 0.6) is 0 Å². The predicted octanol–water partition coefficient (Wildman–Crippen LogP) is 4.80. The number of nitrogens with zero attached hydrogens (tertiary/aromatic N) is 2. The van der Waals surface area contributed by atoms with Gasteiger partial charge in [0.05, 0.1) is 12.4 Å². The maximum Gasteiger partial charge on any atom is 0.231 e. The maximum atomic E-state index is 13.2. The van der Waals surface area contributed by atoms with Crippen LogP contribution >= 0.6 is 0 Å². The molecule has 0 aliphatic rings. The highest BCUT2D eigenvalue weighted by Gasteiger charge is 2.25. The molecule has 4 nitrogen and oxygen atoms in total. The third kappa shape index (κ3) is 4.79. The molecule has 0 aromatic carbocycles. The van der Waals surface area contributed by atoms with E-state index in [1.54, 1.807) is 12.4 Å². The van der Waals surface area contributed by atoms with Gasteiger partial charge >= 0.3 is 0 Å². The Labute approximate surface area is 119 Å². The summed E-state index contributed by atoms with van der Waals surface area (Å²) in [5.41, 5.74) is -1.48. The summed E-state index contributed by atoms with van der Waals surface area (Å²) in [5.74, 6) is 2.55. The number of oxazole rings is 2. The van der Waals surface area contributed by atoms with Crippen LogP contribution in [0.3, 0.4) is 0 Å². The van der Waals surface area contributed by atoms with Crippen LogP contribution in [0.2, 0.25) is 0 Å². The van der Waals surface area contributed by atoms with E-state index in [0.29, 0.717) is 5.92 Å². The third-order valence-corrected chi connectivity index (χ3v) is 2.62. The summed E-state index contributed by atoms with van der Waals surface area (Å²) in [6.07, 6.45) is 4.78. The maximum absolute atomic E-state index is 13.2. The Morgan fingerprint density at radius 1 is 1.05 bits per heavy atom. The van der Waals surface area contributed by atoms with E-state index in [9.17, 15) is 4.39 Å². The van der Waals surface area contributed by atoms with Crippen molar-refractivity contribution in [2.75, 3.05) is 0 Å². The molecule has 2 heterocycles. The van der Waals surface area contributed by atoms with Gasteiger partial charge in [-0.3, -0.25) is 0 Å². The number of alkyl halides is 1. The van der Waals surface area contributed by atoms with Crippen molar-refractivity contribution in [3.8, 4) is 0 Å². The largest absolute Gasteiger partial charge is 0.448 e. The van der Waals surface area contributed by atoms with Crippen LogP contribution in [-0.2, 0) is 5.67 Å². The quantitative estimate of drug-likeness (QED) is 0.811. The van der Waals surface area contributed by atoms with Crippen LogP contribution in [0.4, 0.5) is 4.39 Å². The third-order valence-electron chi connectivity index (χ3n) is 2.62. The molecule has 0 saturated heterocycles. The van der Waals surface area contributed by atoms with Crippen molar-refractivity contribution >= 4 is 0 Å². The first-order valence-electron chi connectivity index (χ1n) is 6.75. The summed E-state index contributed by atoms with van der Waals surface area (Å²) < 4.78 is 23.4. The van der Waals surface area contributed by atoms with E-state index in [1.165, 1.54) is 20.2 Å². The smallest absolute Gasteiger partial charge is 0.231 e. The number of hydrogen-bond donors (Lipinski definition) is 0. The number of halogens is 1. The Kier molecular flexibility index (Phi) is 5.48. The average molecular weight is 282 g/mol. The summed E-state index contributed by atoms with van der Waals surface area (Å²) in [7, 11) is 0. The van der Waals surface area contributed by atoms with Crippen molar-refractivity contribution in [2.45, 2.75) is 59.0 Å². The Morgan fingerprint density at radius 3 is 1.90 bits per heavy atom. The molecule has 0 aliphatic carbocycles. The Hall–Kier alpha value is -1.65. The highest BCUT2D eigenvalue weighted by molar-refractivity contribution is 5.03. The number of aromatic nitrogens is 2. The molecule has 20 heavy (non-hydrogen) atoms. The minimum absolute atomic E-state index is 0.159. The van der Waals surface area contributed by atoms with Crippen LogP contribution in [-0.4, -0.2) is 9.97 Å². The zero-order valence-electron chi connectivity index (χ0n) is 13.0. The zero-order chi connectivity index (χ0) is 15.3. The lowest BCUT2D eigenvalue weighted by molar-refractivity contribution is 0.166. The van der Waals surface area contributed by atoms with E-state index >= 15 is 0 Å². The molecule has 0 N–H and O–H groups in total. The van der Waals surface area contributed by atoms with Gasteiger partial charge in [0.1, 0.15) is 11.5 Å². The van der Waals surface area contributed by atoms with Gasteiger partial charge in [-0.2, -0.15) is 0 Å². The van der Waals surface area contributed by atoms with E-state index in [0.717, 1.165) is 11.5 Å². The summed E-state index contributed by atoms with van der Waals surface area (Å²) >= 11 is 0. The van der Waals surface area contributed by atoms with Crippen molar-refractivity contribution in [1.82, 2.24) is 9.97 Å². The number of rotatable bonds is 3. The summed E-state index contributed by atoms with van der Waals surface area (Å²) in [6.45, 7) is 11.0. The van der Waals surface area contributed by atoms with Crippen molar-refractivity contribution < 1.29 is 13.2 Å². The molecule has 0 unspecified atom stereocenters. The highest BCUT2D eigenvalue weighted by Crippen LogP contribution is 2.26. The first-order valence-corrected chi connectivity index (χ1v) is 6.75. The van der Waals surface area contributed by atoms with E-state index in [1.807, 2.05) is 13.8 Å². The molecule has 0 aliphatic heterocycles. The second-order valence-corrected chi connectivity index (χ2v) is 5.75. The van der Waals surface area contributed by atoms with Gasteiger partial charge in [0, 0.05) is 11.8 Å². The lowest BCUT2D eigenvalue weighted by atomic mass is 10.2. The van der Waals surface area contributed by atoms with E-state index in [4.69, 9.17) is 8.83 Å². The van der Waals surface area contributed by atoms with Gasteiger partial charge in [-0.05, 0) is 13.8 Å². The van der Waals surface area contributed by atoms with Crippen LogP contribution in [0.15, 0.2) is 27.6 Å². The minimum atomic E-state index is -1.48. The standard InChI is InChI=1S/C9H14FNO.C6H9NO/c1-6(2)7-5-11-8(12-7)9(3,4)10;1-5(2)6-3-7-4-8-6/h5-6H,1-4H3;3-5H,1-2H3. The molecule has 2 rings (SSSR count). The highest BCUT2D eigenvalue weighted by atomic mass is 19.1. The van der Waals surface area contributed by atoms with Gasteiger partial charge < -0.3 is 8.83 Å². The molecule has 5 heteroatoms. The van der Waals surface area contributed by atoms with Gasteiger partial charge in [-0.25, -0.2) is 14.4 Å². The van der Waals surface area contributed by atoms with E-state index in [-0.39, 0.29) is 11.8 Å². The summed E-state index contributed by atoms with van der Waals surface area (Å²) in [4.78, 5) is 7.64. The Bertz CT molecular complexity index is 496. The van der Waals surface area contributed by atoms with E-state index in [2.05, 4.69) is 23.8 Å². The molecule has 0 spiro atoms. The van der Waals surface area contributed by atoms with Gasteiger partial charge in [0.2, 0.25) is 5.89 Å². The SMILES string of the molecule is CC(C)c1cnc(C(C)(C)F)o1.CC(C)c1cnco1. The summed E-state index contributed by atoms with van der Waals surface area (Å²) in [5, 5.41) is 0. The van der Waals surface area contributed by atoms with Gasteiger partial charge in [-0.1, -0.05) is 27.7 Å². The first kappa shape index (κ1) is 16.4. The summed E-state index contributed by atoms with van der Waals surface area (Å²) in [6, 6.07) is 0. The second kappa shape index (κ2) is 6.68. The first-order chi connectivity index (χ1) is 9.21. The van der Waals surface area contributed by atoms with Crippen LogP contribution in [0.25, 0.3) is 0 Å². The fourth-order valence-corrected chi connectivity index (χ4v) is 1.34. The molecule has 0 bridgehead atoms. The van der Waals surface area contributed by atoms with Crippen LogP contribution < -0.4 is 0 Å². The van der Waals surface area contributed by atoms with Crippen molar-refractivity contribution in [1.29, 1.82) is 0 Å². The molecule has 0 atom stereocenters. The zero-order valence-corrected chi connectivity index (χ0v) is 13.0. The molecule has 2 aromatic rings. The van der Waals surface area contributed by atoms with Gasteiger partial charge in [0.25, 0.3) is 0 Å². The van der Waals surface area contributed by atoms with Gasteiger partial charge in [0.15, 0.2) is 12.1 Å². The predicted molar refractivity (Wildman–Crippen MR) is 75.3 cm³/mol. The molecule has 112 valence electrons. The fraction of sp³-hybridized carbons (Fsp3) is 0.600. The van der Waals surface area contributed by atoms with Crippen molar-refractivity contribution in [2.24, 2.45) is 0 Å². The Morgan fingerprint density at radius 2 is 1.65 bits per heavy atom. The molecular weight excluding hydrogens is 259 g/mol. The van der Waals surface area contributed by atoms with Gasteiger partial charge in [-0.15, -0.1) is 0 Å². The average Bonchev–Trinajstić information content (AvgIpc) is 3.01. The Balaban J connectivity index is 0.000000217. The minimum Gasteiger partial charge on any atom is -0.448 e. The molecular formula is C15H23FN2O2. The van der Waals surface area contributed by atoms with E-state index < -0.39 is 5.67 Å². The molecule has 2 aromatic heterocycles. The van der Waals surface area contributed by atoms with Crippen LogP contribution in [0, 0.1) is 0 Å². The lowest BCUT2D eigenvalue weighted by Crippen LogP contribution is -2.08. The van der Waals surface area contributed by atoms with Crippen molar-refractivity contribution in [3.63, 3.8) is 0 Å². The molecule has 0 fully saturated rings. The molecule has 0 amide bonds. The fourth-order valence-electron chi connectivity index (χ4n) is 1.34. The van der Waals surface area contributed by atoms with Crippen LogP contribution in [0.1, 0.15) is 70.8 Å². The topological polar surface area (TPSA) is 52.1 Å². The van der Waals surface area contributed by atoms with Crippen molar-refractivity contribution in [3.05, 3.63) is 36.2 Å².